The van der Waals surface area contributed by atoms with Crippen molar-refractivity contribution in [2.75, 3.05) is 0 Å². The van der Waals surface area contributed by atoms with E-state index in [2.05, 4.69) is 5.32 Å². The molecule has 0 spiro atoms. The minimum Gasteiger partial charge on any atom is -0.481 e. The van der Waals surface area contributed by atoms with Gasteiger partial charge in [0.2, 0.25) is 0 Å². The molecule has 1 amide bonds. The number of amides is 1. The molecule has 0 aromatic rings. The standard InChI is InChI=1S/C11H21NO4.C2H6/c1-7(9(13)14)6-8(2)12-10(15)16-11(3,4)5;1-2/h7-8H,6H2,1-5H3,(H,12,15)(H,13,14);1-2H3. The Morgan fingerprint density at radius 1 is 1.22 bits per heavy atom. The summed E-state index contributed by atoms with van der Waals surface area (Å²) >= 11 is 0. The number of carbonyl (C=O) groups is 2. The van der Waals surface area contributed by atoms with E-state index in [1.54, 1.807) is 34.6 Å². The molecule has 2 unspecified atom stereocenters. The first-order valence-electron chi connectivity index (χ1n) is 6.34. The van der Waals surface area contributed by atoms with E-state index in [0.29, 0.717) is 6.42 Å². The Hall–Kier alpha value is -1.26. The van der Waals surface area contributed by atoms with Gasteiger partial charge in [-0.1, -0.05) is 20.8 Å². The Kier molecular flexibility index (Phi) is 9.31. The van der Waals surface area contributed by atoms with Gasteiger partial charge >= 0.3 is 12.1 Å². The second-order valence-corrected chi connectivity index (χ2v) is 5.02. The van der Waals surface area contributed by atoms with Crippen LogP contribution in [0, 0.1) is 5.92 Å². The molecular formula is C13H27NO4. The molecule has 0 saturated carbocycles. The zero-order valence-electron chi connectivity index (χ0n) is 12.5. The third-order valence-corrected chi connectivity index (χ3v) is 1.89. The van der Waals surface area contributed by atoms with E-state index in [-0.39, 0.29) is 6.04 Å². The molecule has 0 fully saturated rings. The quantitative estimate of drug-likeness (QED) is 0.815. The molecule has 5 heteroatoms. The second-order valence-electron chi connectivity index (χ2n) is 5.02. The van der Waals surface area contributed by atoms with Gasteiger partial charge in [0, 0.05) is 6.04 Å². The summed E-state index contributed by atoms with van der Waals surface area (Å²) in [5.74, 6) is -1.34. The Balaban J connectivity index is 0. The predicted molar refractivity (Wildman–Crippen MR) is 71.6 cm³/mol. The molecule has 0 rings (SSSR count). The lowest BCUT2D eigenvalue weighted by Crippen LogP contribution is -2.38. The van der Waals surface area contributed by atoms with Crippen molar-refractivity contribution in [1.82, 2.24) is 5.32 Å². The van der Waals surface area contributed by atoms with Gasteiger partial charge in [0.15, 0.2) is 0 Å². The second kappa shape index (κ2) is 8.78. The molecule has 0 aliphatic heterocycles. The molecule has 2 N–H and O–H groups in total. The molecule has 0 aliphatic carbocycles. The maximum absolute atomic E-state index is 11.3. The Labute approximate surface area is 110 Å². The topological polar surface area (TPSA) is 75.6 Å². The zero-order chi connectivity index (χ0) is 14.9. The van der Waals surface area contributed by atoms with Crippen LogP contribution >= 0.6 is 0 Å². The average molecular weight is 261 g/mol. The largest absolute Gasteiger partial charge is 0.481 e. The van der Waals surface area contributed by atoms with Crippen molar-refractivity contribution < 1.29 is 19.4 Å². The van der Waals surface area contributed by atoms with Gasteiger partial charge in [-0.15, -0.1) is 0 Å². The van der Waals surface area contributed by atoms with Crippen molar-refractivity contribution in [3.05, 3.63) is 0 Å². The Bertz CT molecular complexity index is 258. The number of carbonyl (C=O) groups excluding carboxylic acids is 1. The lowest BCUT2D eigenvalue weighted by molar-refractivity contribution is -0.141. The molecule has 2 atom stereocenters. The van der Waals surface area contributed by atoms with Crippen LogP contribution in [0.2, 0.25) is 0 Å². The van der Waals surface area contributed by atoms with Crippen molar-refractivity contribution in [2.45, 2.75) is 66.5 Å². The monoisotopic (exact) mass is 261 g/mol. The lowest BCUT2D eigenvalue weighted by atomic mass is 10.0. The van der Waals surface area contributed by atoms with Crippen LogP contribution in [0.15, 0.2) is 0 Å². The molecule has 5 nitrogen and oxygen atoms in total. The predicted octanol–water partition coefficient (Wildman–Crippen LogP) is 3.04. The number of alkyl carbamates (subject to hydrolysis) is 1. The first-order valence-corrected chi connectivity index (χ1v) is 6.34. The van der Waals surface area contributed by atoms with Crippen LogP contribution in [-0.2, 0) is 9.53 Å². The number of carboxylic acid groups (broad SMARTS) is 1. The molecule has 0 aliphatic rings. The number of aliphatic carboxylic acids is 1. The summed E-state index contributed by atoms with van der Waals surface area (Å²) in [6, 6.07) is -0.221. The number of carboxylic acids is 1. The summed E-state index contributed by atoms with van der Waals surface area (Å²) in [6.45, 7) is 12.7. The maximum Gasteiger partial charge on any atom is 0.407 e. The van der Waals surface area contributed by atoms with Gasteiger partial charge < -0.3 is 15.2 Å². The van der Waals surface area contributed by atoms with Crippen molar-refractivity contribution in [3.63, 3.8) is 0 Å². The Morgan fingerprint density at radius 3 is 2.00 bits per heavy atom. The van der Waals surface area contributed by atoms with E-state index in [4.69, 9.17) is 9.84 Å². The fourth-order valence-corrected chi connectivity index (χ4v) is 1.20. The third-order valence-electron chi connectivity index (χ3n) is 1.89. The third kappa shape index (κ3) is 11.2. The fraction of sp³-hybridized carbons (Fsp3) is 0.846. The number of rotatable bonds is 4. The van der Waals surface area contributed by atoms with Gasteiger partial charge in [-0.05, 0) is 34.1 Å². The molecule has 0 aromatic heterocycles. The van der Waals surface area contributed by atoms with E-state index >= 15 is 0 Å². The molecule has 0 aromatic carbocycles. The van der Waals surface area contributed by atoms with Crippen molar-refractivity contribution in [1.29, 1.82) is 0 Å². The summed E-state index contributed by atoms with van der Waals surface area (Å²) in [5.41, 5.74) is -0.539. The highest BCUT2D eigenvalue weighted by Gasteiger charge is 2.20. The first-order chi connectivity index (χ1) is 8.11. The fourth-order valence-electron chi connectivity index (χ4n) is 1.20. The van der Waals surface area contributed by atoms with Gasteiger partial charge in [-0.2, -0.15) is 0 Å². The summed E-state index contributed by atoms with van der Waals surface area (Å²) < 4.78 is 5.05. The molecule has 0 heterocycles. The van der Waals surface area contributed by atoms with Crippen LogP contribution in [0.5, 0.6) is 0 Å². The molecule has 0 saturated heterocycles. The van der Waals surface area contributed by atoms with E-state index in [1.807, 2.05) is 13.8 Å². The molecule has 0 bridgehead atoms. The van der Waals surface area contributed by atoms with Crippen molar-refractivity contribution >= 4 is 12.1 Å². The van der Waals surface area contributed by atoms with Crippen LogP contribution in [0.4, 0.5) is 4.79 Å². The average Bonchev–Trinajstić information content (AvgIpc) is 2.16. The molecule has 0 radical (unpaired) electrons. The van der Waals surface area contributed by atoms with E-state index in [9.17, 15) is 9.59 Å². The highest BCUT2D eigenvalue weighted by atomic mass is 16.6. The lowest BCUT2D eigenvalue weighted by Gasteiger charge is -2.22. The summed E-state index contributed by atoms with van der Waals surface area (Å²) in [5, 5.41) is 11.3. The van der Waals surface area contributed by atoms with Crippen LogP contribution in [0.3, 0.4) is 0 Å². The van der Waals surface area contributed by atoms with E-state index in [1.165, 1.54) is 0 Å². The first kappa shape index (κ1) is 19.1. The van der Waals surface area contributed by atoms with Crippen LogP contribution in [0.1, 0.15) is 54.9 Å². The van der Waals surface area contributed by atoms with Crippen LogP contribution < -0.4 is 5.32 Å². The molecule has 18 heavy (non-hydrogen) atoms. The summed E-state index contributed by atoms with van der Waals surface area (Å²) in [4.78, 5) is 21.9. The smallest absolute Gasteiger partial charge is 0.407 e. The van der Waals surface area contributed by atoms with Crippen molar-refractivity contribution in [2.24, 2.45) is 5.92 Å². The number of hydrogen-bond donors (Lipinski definition) is 2. The Morgan fingerprint density at radius 2 is 1.67 bits per heavy atom. The van der Waals surface area contributed by atoms with Gasteiger partial charge in [0.1, 0.15) is 5.60 Å². The van der Waals surface area contributed by atoms with E-state index < -0.39 is 23.6 Å². The SMILES string of the molecule is CC.CC(CC(C)C(=O)O)NC(=O)OC(C)(C)C. The van der Waals surface area contributed by atoms with Crippen molar-refractivity contribution in [3.8, 4) is 0 Å². The summed E-state index contributed by atoms with van der Waals surface area (Å²) in [6.07, 6.45) is -0.133. The summed E-state index contributed by atoms with van der Waals surface area (Å²) in [7, 11) is 0. The minimum absolute atomic E-state index is 0.221. The highest BCUT2D eigenvalue weighted by Crippen LogP contribution is 2.09. The van der Waals surface area contributed by atoms with Gasteiger partial charge in [-0.3, -0.25) is 4.79 Å². The van der Waals surface area contributed by atoms with Gasteiger partial charge in [-0.25, -0.2) is 4.79 Å². The molecular weight excluding hydrogens is 234 g/mol. The molecule has 108 valence electrons. The van der Waals surface area contributed by atoms with Crippen LogP contribution in [-0.4, -0.2) is 28.8 Å². The number of nitrogens with one attached hydrogen (secondary N) is 1. The van der Waals surface area contributed by atoms with Gasteiger partial charge in [0.05, 0.1) is 5.92 Å². The van der Waals surface area contributed by atoms with Crippen LogP contribution in [0.25, 0.3) is 0 Å². The normalized spacial score (nSPS) is 13.7. The maximum atomic E-state index is 11.3. The number of ether oxygens (including phenoxy) is 1. The van der Waals surface area contributed by atoms with Gasteiger partial charge in [0.25, 0.3) is 0 Å². The van der Waals surface area contributed by atoms with E-state index in [0.717, 1.165) is 0 Å². The number of hydrogen-bond acceptors (Lipinski definition) is 3. The highest BCUT2D eigenvalue weighted by molar-refractivity contribution is 5.70. The zero-order valence-corrected chi connectivity index (χ0v) is 12.5. The minimum atomic E-state index is -0.863.